The molecule has 0 bridgehead atoms. The highest BCUT2D eigenvalue weighted by Crippen LogP contribution is 2.40. The maximum absolute atomic E-state index is 12.7. The van der Waals surface area contributed by atoms with Crippen LogP contribution in [0.15, 0.2) is 55.1 Å². The lowest BCUT2D eigenvalue weighted by atomic mass is 9.83. The van der Waals surface area contributed by atoms with E-state index in [-0.39, 0.29) is 11.2 Å². The van der Waals surface area contributed by atoms with Crippen molar-refractivity contribution >= 4 is 17.5 Å². The van der Waals surface area contributed by atoms with Crippen LogP contribution in [0.25, 0.3) is 6.08 Å². The van der Waals surface area contributed by atoms with Crippen molar-refractivity contribution in [1.82, 2.24) is 0 Å². The first-order chi connectivity index (χ1) is 13.9. The summed E-state index contributed by atoms with van der Waals surface area (Å²) >= 11 is 0. The normalized spacial score (nSPS) is 11.3. The number of anilines is 1. The van der Waals surface area contributed by atoms with Crippen molar-refractivity contribution in [3.05, 3.63) is 71.8 Å². The quantitative estimate of drug-likeness (QED) is 0.311. The van der Waals surface area contributed by atoms with Gasteiger partial charge in [0.25, 0.3) is 0 Å². The van der Waals surface area contributed by atoms with Crippen molar-refractivity contribution in [2.45, 2.75) is 33.1 Å². The Balaban J connectivity index is 2.51. The van der Waals surface area contributed by atoms with E-state index >= 15 is 0 Å². The summed E-state index contributed by atoms with van der Waals surface area (Å²) < 4.78 is 11.8. The van der Waals surface area contributed by atoms with Gasteiger partial charge in [0.2, 0.25) is 0 Å². The van der Waals surface area contributed by atoms with Crippen LogP contribution in [0.4, 0.5) is 5.69 Å². The Bertz CT molecular complexity index is 880. The summed E-state index contributed by atoms with van der Waals surface area (Å²) in [5.74, 6) is 1.33. The van der Waals surface area contributed by atoms with Gasteiger partial charge in [-0.3, -0.25) is 4.79 Å². The van der Waals surface area contributed by atoms with E-state index in [9.17, 15) is 4.79 Å². The lowest BCUT2D eigenvalue weighted by Gasteiger charge is -2.26. The molecule has 0 heterocycles. The number of hydrogen-bond donors (Lipinski definition) is 1. The highest BCUT2D eigenvalue weighted by Gasteiger charge is 2.24. The van der Waals surface area contributed by atoms with E-state index in [4.69, 9.17) is 9.47 Å². The molecule has 0 aliphatic heterocycles. The zero-order valence-corrected chi connectivity index (χ0v) is 18.0. The molecule has 2 rings (SSSR count). The molecule has 4 nitrogen and oxygen atoms in total. The Hall–Kier alpha value is -3.01. The molecule has 2 aromatic rings. The minimum absolute atomic E-state index is 0.0778. The van der Waals surface area contributed by atoms with E-state index in [1.165, 1.54) is 0 Å². The molecule has 0 spiro atoms. The first-order valence-corrected chi connectivity index (χ1v) is 9.94. The predicted octanol–water partition coefficient (Wildman–Crippen LogP) is 5.89. The van der Waals surface area contributed by atoms with E-state index < -0.39 is 0 Å². The van der Waals surface area contributed by atoms with Crippen molar-refractivity contribution in [2.24, 2.45) is 0 Å². The fraction of sp³-hybridized carbons (Fsp3) is 0.320. The standard InChI is InChI=1S/C25H31NO3/c1-7-25(4,5)21-15-17-23(28-8-2)20(24(21)29-9-3)14-16-22(27)18-10-12-19(26-6)13-11-18/h7,10-17,26H,1,8-9H2,2-6H3/b16-14+. The number of ketones is 1. The van der Waals surface area contributed by atoms with Crippen LogP contribution in [0.3, 0.4) is 0 Å². The average molecular weight is 394 g/mol. The van der Waals surface area contributed by atoms with Gasteiger partial charge in [0.05, 0.1) is 18.8 Å². The Morgan fingerprint density at radius 3 is 2.28 bits per heavy atom. The van der Waals surface area contributed by atoms with Gasteiger partial charge < -0.3 is 14.8 Å². The number of carbonyl (C=O) groups is 1. The molecule has 0 fully saturated rings. The first-order valence-electron chi connectivity index (χ1n) is 9.94. The van der Waals surface area contributed by atoms with Gasteiger partial charge in [-0.1, -0.05) is 26.0 Å². The maximum atomic E-state index is 12.7. The van der Waals surface area contributed by atoms with Crippen LogP contribution < -0.4 is 14.8 Å². The smallest absolute Gasteiger partial charge is 0.185 e. The molecule has 154 valence electrons. The molecule has 29 heavy (non-hydrogen) atoms. The molecule has 0 aliphatic carbocycles. The van der Waals surface area contributed by atoms with Gasteiger partial charge in [-0.15, -0.1) is 6.58 Å². The minimum atomic E-state index is -0.287. The topological polar surface area (TPSA) is 47.6 Å². The van der Waals surface area contributed by atoms with Gasteiger partial charge in [0.15, 0.2) is 5.78 Å². The number of hydrogen-bond acceptors (Lipinski definition) is 4. The first kappa shape index (κ1) is 22.3. The van der Waals surface area contributed by atoms with E-state index in [2.05, 4.69) is 25.7 Å². The Morgan fingerprint density at radius 1 is 1.07 bits per heavy atom. The molecule has 0 atom stereocenters. The Labute approximate surface area is 174 Å². The minimum Gasteiger partial charge on any atom is -0.493 e. The molecule has 4 heteroatoms. The zero-order valence-electron chi connectivity index (χ0n) is 18.0. The molecule has 0 unspecified atom stereocenters. The molecule has 0 saturated carbocycles. The van der Waals surface area contributed by atoms with Crippen LogP contribution in [0, 0.1) is 0 Å². The molecule has 0 aromatic heterocycles. The molecule has 0 amide bonds. The van der Waals surface area contributed by atoms with Crippen LogP contribution in [-0.4, -0.2) is 26.0 Å². The second-order valence-electron chi connectivity index (χ2n) is 7.17. The summed E-state index contributed by atoms with van der Waals surface area (Å²) in [6.45, 7) is 13.0. The van der Waals surface area contributed by atoms with Crippen molar-refractivity contribution in [3.63, 3.8) is 0 Å². The van der Waals surface area contributed by atoms with Gasteiger partial charge in [0, 0.05) is 29.3 Å². The SMILES string of the molecule is C=CC(C)(C)c1ccc(OCC)c(/C=C/C(=O)c2ccc(NC)cc2)c1OCC. The highest BCUT2D eigenvalue weighted by atomic mass is 16.5. The van der Waals surface area contributed by atoms with E-state index in [0.717, 1.165) is 22.6 Å². The van der Waals surface area contributed by atoms with E-state index in [0.29, 0.717) is 24.5 Å². The number of ether oxygens (including phenoxy) is 2. The highest BCUT2D eigenvalue weighted by molar-refractivity contribution is 6.07. The number of benzene rings is 2. The molecular weight excluding hydrogens is 362 g/mol. The van der Waals surface area contributed by atoms with Gasteiger partial charge >= 0.3 is 0 Å². The number of carbonyl (C=O) groups excluding carboxylic acids is 1. The van der Waals surface area contributed by atoms with Crippen LogP contribution in [0.5, 0.6) is 11.5 Å². The summed E-state index contributed by atoms with van der Waals surface area (Å²) in [5.41, 5.74) is 3.07. The molecule has 0 aliphatic rings. The third kappa shape index (κ3) is 5.29. The fourth-order valence-electron chi connectivity index (χ4n) is 2.99. The van der Waals surface area contributed by atoms with Crippen LogP contribution in [-0.2, 0) is 5.41 Å². The number of allylic oxidation sites excluding steroid dienone is 2. The van der Waals surface area contributed by atoms with Crippen LogP contribution in [0.2, 0.25) is 0 Å². The van der Waals surface area contributed by atoms with Crippen molar-refractivity contribution in [1.29, 1.82) is 0 Å². The molecule has 0 radical (unpaired) electrons. The molecule has 0 saturated heterocycles. The molecule has 2 aromatic carbocycles. The average Bonchev–Trinajstić information content (AvgIpc) is 2.73. The second-order valence-corrected chi connectivity index (χ2v) is 7.17. The van der Waals surface area contributed by atoms with Gasteiger partial charge in [0.1, 0.15) is 11.5 Å². The summed E-state index contributed by atoms with van der Waals surface area (Å²) in [7, 11) is 1.85. The molecule has 1 N–H and O–H groups in total. The van der Waals surface area contributed by atoms with E-state index in [1.54, 1.807) is 12.2 Å². The third-order valence-electron chi connectivity index (χ3n) is 4.81. The van der Waals surface area contributed by atoms with Crippen LogP contribution >= 0.6 is 0 Å². The van der Waals surface area contributed by atoms with Gasteiger partial charge in [-0.05, 0) is 56.3 Å². The summed E-state index contributed by atoms with van der Waals surface area (Å²) in [5, 5.41) is 3.05. The van der Waals surface area contributed by atoms with E-state index in [1.807, 2.05) is 63.4 Å². The third-order valence-corrected chi connectivity index (χ3v) is 4.81. The maximum Gasteiger partial charge on any atom is 0.185 e. The van der Waals surface area contributed by atoms with Crippen LogP contribution in [0.1, 0.15) is 49.2 Å². The zero-order chi connectivity index (χ0) is 21.4. The van der Waals surface area contributed by atoms with Crippen molar-refractivity contribution < 1.29 is 14.3 Å². The molecular formula is C25H31NO3. The number of nitrogens with one attached hydrogen (secondary N) is 1. The largest absolute Gasteiger partial charge is 0.493 e. The lowest BCUT2D eigenvalue weighted by molar-refractivity contribution is 0.104. The predicted molar refractivity (Wildman–Crippen MR) is 121 cm³/mol. The monoisotopic (exact) mass is 393 g/mol. The van der Waals surface area contributed by atoms with Crippen molar-refractivity contribution in [2.75, 3.05) is 25.6 Å². The summed E-state index contributed by atoms with van der Waals surface area (Å²) in [6, 6.07) is 11.3. The van der Waals surface area contributed by atoms with Crippen molar-refractivity contribution in [3.8, 4) is 11.5 Å². The lowest BCUT2D eigenvalue weighted by Crippen LogP contribution is -2.16. The van der Waals surface area contributed by atoms with Gasteiger partial charge in [-0.2, -0.15) is 0 Å². The Kier molecular flexibility index (Phi) is 7.66. The Morgan fingerprint density at radius 2 is 1.72 bits per heavy atom. The second kappa shape index (κ2) is 9.97. The summed E-state index contributed by atoms with van der Waals surface area (Å²) in [4.78, 5) is 12.7. The number of rotatable bonds is 10. The van der Waals surface area contributed by atoms with Gasteiger partial charge in [-0.25, -0.2) is 0 Å². The fourth-order valence-corrected chi connectivity index (χ4v) is 2.99. The summed E-state index contributed by atoms with van der Waals surface area (Å²) in [6.07, 6.45) is 5.25.